The van der Waals surface area contributed by atoms with Gasteiger partial charge in [0.25, 0.3) is 5.91 Å². The fraction of sp³-hybridized carbons (Fsp3) is 0.150. The first-order chi connectivity index (χ1) is 15.2. The number of nitrogens with zero attached hydrogens (tertiary/aromatic N) is 1. The number of hydrogen-bond acceptors (Lipinski definition) is 7. The number of carboxylic acid groups (broad SMARTS) is 1. The number of rotatable bonds is 9. The third-order valence-corrected chi connectivity index (χ3v) is 7.05. The number of para-hydroxylation sites is 1. The van der Waals surface area contributed by atoms with Gasteiger partial charge in [-0.25, -0.2) is 8.42 Å². The fourth-order valence-electron chi connectivity index (χ4n) is 2.85. The van der Waals surface area contributed by atoms with E-state index in [9.17, 15) is 23.1 Å². The van der Waals surface area contributed by atoms with Crippen molar-refractivity contribution in [2.75, 3.05) is 13.7 Å². The molecular weight excluding hydrogens is 478 g/mol. The molecule has 2 aromatic heterocycles. The van der Waals surface area contributed by atoms with Gasteiger partial charge in [-0.1, -0.05) is 23.7 Å². The fourth-order valence-corrected chi connectivity index (χ4v) is 5.19. The molecule has 9 nitrogen and oxygen atoms in total. The van der Waals surface area contributed by atoms with Crippen LogP contribution in [-0.4, -0.2) is 50.1 Å². The highest BCUT2D eigenvalue weighted by atomic mass is 35.5. The zero-order valence-electron chi connectivity index (χ0n) is 16.6. The minimum absolute atomic E-state index is 0.0487. The number of carboxylic acids is 1. The molecule has 12 heteroatoms. The van der Waals surface area contributed by atoms with Gasteiger partial charge in [0.15, 0.2) is 0 Å². The lowest BCUT2D eigenvalue weighted by Gasteiger charge is -2.18. The van der Waals surface area contributed by atoms with Crippen molar-refractivity contribution < 1.29 is 27.9 Å². The third-order valence-electron chi connectivity index (χ3n) is 4.32. The van der Waals surface area contributed by atoms with Crippen molar-refractivity contribution in [3.05, 3.63) is 64.1 Å². The number of hydrogen-bond donors (Lipinski definition) is 3. The number of carbonyl (C=O) groups excluding carboxylic acids is 1. The van der Waals surface area contributed by atoms with Crippen LogP contribution in [0.4, 0.5) is 0 Å². The minimum atomic E-state index is -4.33. The van der Waals surface area contributed by atoms with Gasteiger partial charge in [0.05, 0.1) is 16.3 Å². The topological polar surface area (TPSA) is 135 Å². The second-order valence-electron chi connectivity index (χ2n) is 6.40. The first kappa shape index (κ1) is 23.7. The zero-order chi connectivity index (χ0) is 23.3. The van der Waals surface area contributed by atoms with Crippen molar-refractivity contribution in [2.24, 2.45) is 0 Å². The summed E-state index contributed by atoms with van der Waals surface area (Å²) < 4.78 is 33.9. The molecule has 2 heterocycles. The number of benzene rings is 1. The first-order valence-corrected chi connectivity index (χ1v) is 11.8. The molecule has 1 aromatic carbocycles. The number of carbonyl (C=O) groups is 2. The number of aromatic nitrogens is 1. The summed E-state index contributed by atoms with van der Waals surface area (Å²) in [7, 11) is -3.01. The average Bonchev–Trinajstić information content (AvgIpc) is 3.22. The van der Waals surface area contributed by atoms with Gasteiger partial charge in [-0.2, -0.15) is 4.72 Å². The highest BCUT2D eigenvalue weighted by Gasteiger charge is 2.29. The Balaban J connectivity index is 1.84. The molecule has 0 aliphatic carbocycles. The Morgan fingerprint density at radius 1 is 1.19 bits per heavy atom. The van der Waals surface area contributed by atoms with E-state index in [1.807, 2.05) is 0 Å². The second kappa shape index (κ2) is 10.1. The number of nitrogens with one attached hydrogen (secondary N) is 2. The largest absolute Gasteiger partial charge is 0.495 e. The van der Waals surface area contributed by atoms with E-state index in [0.717, 1.165) is 11.3 Å². The molecule has 3 rings (SSSR count). The molecule has 0 aliphatic heterocycles. The summed E-state index contributed by atoms with van der Waals surface area (Å²) in [6, 6.07) is 9.27. The molecule has 0 radical (unpaired) electrons. The minimum Gasteiger partial charge on any atom is -0.495 e. The molecule has 32 heavy (non-hydrogen) atoms. The van der Waals surface area contributed by atoms with E-state index in [-0.39, 0.29) is 15.5 Å². The number of ether oxygens (including phenoxy) is 1. The summed E-state index contributed by atoms with van der Waals surface area (Å²) in [6.07, 6.45) is 3.11. The monoisotopic (exact) mass is 495 g/mol. The van der Waals surface area contributed by atoms with E-state index in [4.69, 9.17) is 16.3 Å². The first-order valence-electron chi connectivity index (χ1n) is 9.09. The number of thiophene rings is 1. The number of pyridine rings is 1. The van der Waals surface area contributed by atoms with Crippen LogP contribution in [0.3, 0.4) is 0 Å². The van der Waals surface area contributed by atoms with Gasteiger partial charge in [-0.3, -0.25) is 14.6 Å². The Morgan fingerprint density at radius 3 is 2.50 bits per heavy atom. The van der Waals surface area contributed by atoms with Crippen molar-refractivity contribution >= 4 is 44.8 Å². The van der Waals surface area contributed by atoms with E-state index in [1.165, 1.54) is 31.4 Å². The number of methoxy groups -OCH3 is 1. The summed E-state index contributed by atoms with van der Waals surface area (Å²) >= 11 is 6.81. The van der Waals surface area contributed by atoms with Crippen molar-refractivity contribution in [3.63, 3.8) is 0 Å². The molecule has 0 aliphatic rings. The highest BCUT2D eigenvalue weighted by Crippen LogP contribution is 2.35. The lowest BCUT2D eigenvalue weighted by molar-refractivity contribution is -0.138. The third kappa shape index (κ3) is 5.43. The van der Waals surface area contributed by atoms with E-state index in [2.05, 4.69) is 15.0 Å². The Labute approximate surface area is 193 Å². The Kier molecular flexibility index (Phi) is 7.46. The van der Waals surface area contributed by atoms with Crippen LogP contribution in [0, 0.1) is 0 Å². The van der Waals surface area contributed by atoms with Crippen LogP contribution in [0.1, 0.15) is 9.67 Å². The van der Waals surface area contributed by atoms with Gasteiger partial charge in [0.2, 0.25) is 10.0 Å². The lowest BCUT2D eigenvalue weighted by Crippen LogP contribution is -2.48. The van der Waals surface area contributed by atoms with Crippen LogP contribution in [0.25, 0.3) is 11.1 Å². The van der Waals surface area contributed by atoms with E-state index in [1.54, 1.807) is 30.6 Å². The Hall–Kier alpha value is -2.99. The summed E-state index contributed by atoms with van der Waals surface area (Å²) in [5.41, 5.74) is 1.16. The van der Waals surface area contributed by atoms with Gasteiger partial charge >= 0.3 is 5.97 Å². The van der Waals surface area contributed by atoms with Gasteiger partial charge in [0.1, 0.15) is 16.7 Å². The normalized spacial score (nSPS) is 12.2. The van der Waals surface area contributed by atoms with Crippen molar-refractivity contribution in [1.82, 2.24) is 15.0 Å². The van der Waals surface area contributed by atoms with E-state index < -0.39 is 34.5 Å². The quantitative estimate of drug-likeness (QED) is 0.415. The van der Waals surface area contributed by atoms with Crippen molar-refractivity contribution in [1.29, 1.82) is 0 Å². The molecular formula is C20H18ClN3O6S2. The number of halogens is 1. The maximum atomic E-state index is 13.0. The summed E-state index contributed by atoms with van der Waals surface area (Å²) in [5.74, 6) is -1.97. The van der Waals surface area contributed by atoms with Crippen molar-refractivity contribution in [3.8, 4) is 16.9 Å². The molecule has 0 bridgehead atoms. The number of amides is 1. The molecule has 1 atom stereocenters. The molecule has 168 valence electrons. The van der Waals surface area contributed by atoms with Gasteiger partial charge in [-0.05, 0) is 35.9 Å². The predicted octanol–water partition coefficient (Wildman–Crippen LogP) is 2.63. The molecule has 0 saturated heterocycles. The van der Waals surface area contributed by atoms with Crippen LogP contribution in [0.5, 0.6) is 5.75 Å². The van der Waals surface area contributed by atoms with Crippen LogP contribution < -0.4 is 14.8 Å². The molecule has 3 N–H and O–H groups in total. The van der Waals surface area contributed by atoms with Gasteiger partial charge in [-0.15, -0.1) is 11.3 Å². The highest BCUT2D eigenvalue weighted by molar-refractivity contribution is 7.89. The second-order valence-corrected chi connectivity index (χ2v) is 9.80. The summed E-state index contributed by atoms with van der Waals surface area (Å²) in [6.45, 7) is -0.477. The van der Waals surface area contributed by atoms with E-state index >= 15 is 0 Å². The standard InChI is InChI=1S/C20H18ClN3O6S2/c1-30-18-13(12-7-9-22-10-8-12)3-2-4-16(18)32(28,29)24-14(20(26)27)11-23-19(25)15-5-6-17(21)31-15/h2-10,14,24H,11H2,1H3,(H,23,25)(H,26,27). The van der Waals surface area contributed by atoms with Gasteiger partial charge < -0.3 is 15.2 Å². The molecule has 1 unspecified atom stereocenters. The molecule has 0 fully saturated rings. The molecule has 1 amide bonds. The number of aliphatic carboxylic acids is 1. The Morgan fingerprint density at radius 2 is 1.91 bits per heavy atom. The maximum Gasteiger partial charge on any atom is 0.323 e. The van der Waals surface area contributed by atoms with Crippen LogP contribution >= 0.6 is 22.9 Å². The Bertz CT molecular complexity index is 1230. The molecule has 0 saturated carbocycles. The van der Waals surface area contributed by atoms with Gasteiger partial charge in [0, 0.05) is 24.5 Å². The smallest absolute Gasteiger partial charge is 0.323 e. The summed E-state index contributed by atoms with van der Waals surface area (Å²) in [4.78, 5) is 27.8. The molecule has 0 spiro atoms. The van der Waals surface area contributed by atoms with Crippen LogP contribution in [-0.2, 0) is 14.8 Å². The predicted molar refractivity (Wildman–Crippen MR) is 120 cm³/mol. The van der Waals surface area contributed by atoms with Crippen molar-refractivity contribution in [2.45, 2.75) is 10.9 Å². The van der Waals surface area contributed by atoms with Crippen LogP contribution in [0.2, 0.25) is 4.34 Å². The summed E-state index contributed by atoms with van der Waals surface area (Å²) in [5, 5.41) is 11.9. The maximum absolute atomic E-state index is 13.0. The molecule has 3 aromatic rings. The van der Waals surface area contributed by atoms with Crippen LogP contribution in [0.15, 0.2) is 59.8 Å². The van der Waals surface area contributed by atoms with E-state index in [0.29, 0.717) is 15.5 Å². The zero-order valence-corrected chi connectivity index (χ0v) is 19.0. The lowest BCUT2D eigenvalue weighted by atomic mass is 10.1. The SMILES string of the molecule is COc1c(-c2ccncc2)cccc1S(=O)(=O)NC(CNC(=O)c1ccc(Cl)s1)C(=O)O. The number of sulfonamides is 1. The average molecular weight is 496 g/mol.